The number of anilines is 8. The van der Waals surface area contributed by atoms with Crippen LogP contribution in [-0.4, -0.2) is 12.3 Å². The molecule has 61 heavy (non-hydrogen) atoms. The highest BCUT2D eigenvalue weighted by atomic mass is 15.3. The number of benzene rings is 6. The molecule has 0 bridgehead atoms. The summed E-state index contributed by atoms with van der Waals surface area (Å²) in [6.45, 7) is 26.4. The predicted molar refractivity (Wildman–Crippen MR) is 264 cm³/mol. The molecule has 2 unspecified atom stereocenters. The van der Waals surface area contributed by atoms with E-state index < -0.39 is 0 Å². The third-order valence-electron chi connectivity index (χ3n) is 15.3. The zero-order valence-corrected chi connectivity index (χ0v) is 38.6. The van der Waals surface area contributed by atoms with Gasteiger partial charge in [-0.25, -0.2) is 0 Å². The minimum Gasteiger partial charge on any atom is -0.334 e. The average molecular weight is 802 g/mol. The van der Waals surface area contributed by atoms with Gasteiger partial charge in [0.1, 0.15) is 0 Å². The number of rotatable bonds is 3. The molecule has 0 spiro atoms. The topological polar surface area (TPSA) is 9.72 Å². The monoisotopic (exact) mass is 802 g/mol. The Hall–Kier alpha value is -5.22. The van der Waals surface area contributed by atoms with Crippen LogP contribution in [0.25, 0.3) is 0 Å². The number of hydrogen-bond donors (Lipinski definition) is 0. The number of fused-ring (bicyclic) bond motifs is 7. The Morgan fingerprint density at radius 1 is 0.443 bits per heavy atom. The first-order chi connectivity index (χ1) is 28.9. The molecule has 6 aromatic carbocycles. The van der Waals surface area contributed by atoms with Crippen LogP contribution in [-0.2, 0) is 21.7 Å². The maximum absolute atomic E-state index is 2.79. The molecule has 1 saturated carbocycles. The number of nitrogens with zero attached hydrogens (tertiary/aromatic N) is 3. The molecule has 2 atom stereocenters. The smallest absolute Gasteiger partial charge is 0.252 e. The highest BCUT2D eigenvalue weighted by molar-refractivity contribution is 7.00. The Kier molecular flexibility index (Phi) is 8.92. The molecule has 0 aromatic heterocycles. The molecule has 3 heterocycles. The number of para-hydroxylation sites is 2. The van der Waals surface area contributed by atoms with Gasteiger partial charge in [0.15, 0.2) is 0 Å². The lowest BCUT2D eigenvalue weighted by Gasteiger charge is -2.48. The van der Waals surface area contributed by atoms with E-state index in [4.69, 9.17) is 0 Å². The van der Waals surface area contributed by atoms with Crippen LogP contribution in [0.3, 0.4) is 0 Å². The molecule has 3 aliphatic heterocycles. The fourth-order valence-corrected chi connectivity index (χ4v) is 11.5. The van der Waals surface area contributed by atoms with Crippen molar-refractivity contribution in [3.63, 3.8) is 0 Å². The second-order valence-electron chi connectivity index (χ2n) is 22.2. The summed E-state index contributed by atoms with van der Waals surface area (Å²) in [7, 11) is 0. The van der Waals surface area contributed by atoms with Crippen molar-refractivity contribution in [3.05, 3.63) is 150 Å². The van der Waals surface area contributed by atoms with Gasteiger partial charge in [-0.2, -0.15) is 0 Å². The van der Waals surface area contributed by atoms with Crippen molar-refractivity contribution >= 4 is 68.6 Å². The Morgan fingerprint density at radius 3 is 1.67 bits per heavy atom. The third-order valence-corrected chi connectivity index (χ3v) is 15.3. The van der Waals surface area contributed by atoms with Crippen LogP contribution < -0.4 is 31.1 Å². The summed E-state index contributed by atoms with van der Waals surface area (Å²) < 4.78 is 0. The van der Waals surface area contributed by atoms with E-state index in [1.54, 1.807) is 0 Å². The largest absolute Gasteiger partial charge is 0.334 e. The van der Waals surface area contributed by atoms with Crippen LogP contribution in [0.15, 0.2) is 127 Å². The minimum absolute atomic E-state index is 0.0325. The molecule has 4 aliphatic rings. The average Bonchev–Trinajstić information content (AvgIpc) is 3.29. The van der Waals surface area contributed by atoms with Gasteiger partial charge >= 0.3 is 0 Å². The fraction of sp³-hybridized carbons (Fsp3) is 0.368. The minimum atomic E-state index is -0.0755. The lowest BCUT2D eigenvalue weighted by molar-refractivity contribution is 0.261. The Balaban J connectivity index is 1.27. The van der Waals surface area contributed by atoms with Gasteiger partial charge in [0.2, 0.25) is 0 Å². The molecule has 310 valence electrons. The molecule has 3 nitrogen and oxygen atoms in total. The summed E-state index contributed by atoms with van der Waals surface area (Å²) in [5.41, 5.74) is 19.9. The summed E-state index contributed by atoms with van der Waals surface area (Å²) in [5.74, 6) is 0. The van der Waals surface area contributed by atoms with E-state index >= 15 is 0 Å². The van der Waals surface area contributed by atoms with Crippen LogP contribution in [0.1, 0.15) is 131 Å². The highest BCUT2D eigenvalue weighted by Gasteiger charge is 2.57. The molecule has 0 radical (unpaired) electrons. The summed E-state index contributed by atoms with van der Waals surface area (Å²) in [6.07, 6.45) is 6.21. The van der Waals surface area contributed by atoms with E-state index in [0.29, 0.717) is 0 Å². The van der Waals surface area contributed by atoms with Crippen molar-refractivity contribution in [1.82, 2.24) is 0 Å². The first kappa shape index (κ1) is 39.9. The second-order valence-corrected chi connectivity index (χ2v) is 22.2. The molecule has 1 fully saturated rings. The molecule has 1 aliphatic carbocycles. The van der Waals surface area contributed by atoms with E-state index in [-0.39, 0.29) is 33.9 Å². The first-order valence-corrected chi connectivity index (χ1v) is 23.0. The van der Waals surface area contributed by atoms with Crippen molar-refractivity contribution in [3.8, 4) is 0 Å². The molecule has 10 rings (SSSR count). The van der Waals surface area contributed by atoms with E-state index in [2.05, 4.69) is 218 Å². The lowest BCUT2D eigenvalue weighted by atomic mass is 9.33. The predicted octanol–water partition coefficient (Wildman–Crippen LogP) is 13.8. The fourth-order valence-electron chi connectivity index (χ4n) is 11.5. The zero-order chi connectivity index (χ0) is 42.9. The molecular formula is C57H64BN3. The van der Waals surface area contributed by atoms with Gasteiger partial charge in [-0.05, 0) is 135 Å². The summed E-state index contributed by atoms with van der Waals surface area (Å²) in [6, 6.07) is 49.7. The van der Waals surface area contributed by atoms with Crippen molar-refractivity contribution in [2.75, 3.05) is 14.7 Å². The second kappa shape index (κ2) is 13.6. The van der Waals surface area contributed by atoms with Crippen LogP contribution in [0, 0.1) is 0 Å². The van der Waals surface area contributed by atoms with Crippen LogP contribution >= 0.6 is 0 Å². The molecule has 0 amide bonds. The van der Waals surface area contributed by atoms with Gasteiger partial charge in [-0.3, -0.25) is 0 Å². The first-order valence-electron chi connectivity index (χ1n) is 23.0. The van der Waals surface area contributed by atoms with E-state index in [1.165, 1.54) is 116 Å². The standard InChI is InChI=1S/C57H64BN3/c1-53(2,3)38-24-27-42(28-25-38)60-49-37-43(61-47-31-26-39(54(4,5)6)34-44(47)56(10)32-18-13-19-33-57(56,61)11)29-30-46(49)58-45-22-16-17-23-48(45)59(41-20-14-12-15-21-41)50-35-40(55(7,8)9)36-51(60)52(50)58/h12,14-17,20-31,34-37H,13,18-19,32-33H2,1-11H3. The van der Waals surface area contributed by atoms with Gasteiger partial charge in [-0.1, -0.05) is 155 Å². The van der Waals surface area contributed by atoms with Crippen molar-refractivity contribution in [2.45, 2.75) is 135 Å². The van der Waals surface area contributed by atoms with E-state index in [1.807, 2.05) is 0 Å². The van der Waals surface area contributed by atoms with Crippen LogP contribution in [0.2, 0.25) is 0 Å². The van der Waals surface area contributed by atoms with Gasteiger partial charge < -0.3 is 14.7 Å². The quantitative estimate of drug-likeness (QED) is 0.165. The summed E-state index contributed by atoms with van der Waals surface area (Å²) in [4.78, 5) is 7.95. The highest BCUT2D eigenvalue weighted by Crippen LogP contribution is 2.61. The molecule has 0 N–H and O–H groups in total. The maximum Gasteiger partial charge on any atom is 0.252 e. The van der Waals surface area contributed by atoms with Gasteiger partial charge in [0.25, 0.3) is 6.71 Å². The molecule has 6 aromatic rings. The lowest BCUT2D eigenvalue weighted by Crippen LogP contribution is -2.61. The Labute approximate surface area is 366 Å². The van der Waals surface area contributed by atoms with Crippen molar-refractivity contribution < 1.29 is 0 Å². The van der Waals surface area contributed by atoms with Crippen molar-refractivity contribution in [1.29, 1.82) is 0 Å². The molecular weight excluding hydrogens is 737 g/mol. The van der Waals surface area contributed by atoms with Gasteiger partial charge in [0, 0.05) is 50.9 Å². The SMILES string of the molecule is CC(C)(C)c1ccc(N2c3cc(N4c5ccc(C(C)(C)C)cc5C5(C)CCCCCC45C)ccc3B3c4ccccc4N(c4ccccc4)c4cc(C(C)(C)C)cc2c43)cc1. The van der Waals surface area contributed by atoms with E-state index in [9.17, 15) is 0 Å². The number of hydrogen-bond acceptors (Lipinski definition) is 3. The Bertz CT molecular complexity index is 2680. The summed E-state index contributed by atoms with van der Waals surface area (Å²) >= 11 is 0. The van der Waals surface area contributed by atoms with Crippen molar-refractivity contribution in [2.24, 2.45) is 0 Å². The molecule has 4 heteroatoms. The Morgan fingerprint density at radius 2 is 1.00 bits per heavy atom. The van der Waals surface area contributed by atoms with Gasteiger partial charge in [0.05, 0.1) is 5.54 Å². The van der Waals surface area contributed by atoms with E-state index in [0.717, 1.165) is 0 Å². The van der Waals surface area contributed by atoms with Gasteiger partial charge in [-0.15, -0.1) is 0 Å². The normalized spacial score (nSPS) is 20.7. The third kappa shape index (κ3) is 6.05. The molecule has 0 saturated heterocycles. The van der Waals surface area contributed by atoms with Crippen LogP contribution in [0.5, 0.6) is 0 Å². The zero-order valence-electron chi connectivity index (χ0n) is 38.6. The summed E-state index contributed by atoms with van der Waals surface area (Å²) in [5, 5.41) is 0. The van der Waals surface area contributed by atoms with Crippen LogP contribution in [0.4, 0.5) is 45.5 Å². The maximum atomic E-state index is 2.79.